The lowest BCUT2D eigenvalue weighted by atomic mass is 10.1. The van der Waals surface area contributed by atoms with Gasteiger partial charge in [-0.15, -0.1) is 11.3 Å². The highest BCUT2D eigenvalue weighted by molar-refractivity contribution is 7.89. The first-order valence-electron chi connectivity index (χ1n) is 9.12. The van der Waals surface area contributed by atoms with E-state index in [1.165, 1.54) is 11.3 Å². The molecule has 0 aliphatic heterocycles. The van der Waals surface area contributed by atoms with E-state index in [-0.39, 0.29) is 25.4 Å². The van der Waals surface area contributed by atoms with Crippen molar-refractivity contribution in [1.82, 2.24) is 15.4 Å². The third-order valence-corrected chi connectivity index (χ3v) is 6.39. The molecule has 1 unspecified atom stereocenters. The minimum Gasteiger partial charge on any atom is -0.383 e. The van der Waals surface area contributed by atoms with Gasteiger partial charge in [-0.1, -0.05) is 36.4 Å². The Labute approximate surface area is 171 Å². The third-order valence-electron chi connectivity index (χ3n) is 3.94. The van der Waals surface area contributed by atoms with E-state index in [2.05, 4.69) is 20.3 Å². The second kappa shape index (κ2) is 10.6. The quantitative estimate of drug-likeness (QED) is 0.343. The standard InChI is InChI=1S/C19H28N4O3S2/c1-3-20-18(22-15-19(2,24)17-10-7-12-27-17)21-11-13-28(25,26)23-14-16-8-5-4-6-9-16/h4-10,12,23-24H,3,11,13-15H2,1-2H3,(H2,20,21,22). The molecule has 9 heteroatoms. The van der Waals surface area contributed by atoms with Crippen LogP contribution in [-0.2, 0) is 22.2 Å². The number of rotatable bonds is 10. The molecule has 7 nitrogen and oxygen atoms in total. The number of thiophene rings is 1. The molecule has 0 bridgehead atoms. The van der Waals surface area contributed by atoms with Gasteiger partial charge < -0.3 is 15.7 Å². The number of guanidine groups is 1. The van der Waals surface area contributed by atoms with E-state index in [0.717, 1.165) is 10.4 Å². The normalized spacial score (nSPS) is 14.5. The molecule has 2 aromatic rings. The Morgan fingerprint density at radius 1 is 1.18 bits per heavy atom. The van der Waals surface area contributed by atoms with Gasteiger partial charge in [0.2, 0.25) is 10.0 Å². The maximum atomic E-state index is 12.2. The fourth-order valence-electron chi connectivity index (χ4n) is 2.40. The molecule has 2 rings (SSSR count). The molecule has 1 atom stereocenters. The minimum absolute atomic E-state index is 0.0778. The molecule has 0 aliphatic carbocycles. The van der Waals surface area contributed by atoms with E-state index in [0.29, 0.717) is 12.5 Å². The predicted molar refractivity (Wildman–Crippen MR) is 115 cm³/mol. The number of aliphatic hydroxyl groups is 1. The fraction of sp³-hybridized carbons (Fsp3) is 0.421. The van der Waals surface area contributed by atoms with Crippen molar-refractivity contribution >= 4 is 27.3 Å². The van der Waals surface area contributed by atoms with Crippen LogP contribution in [0, 0.1) is 0 Å². The van der Waals surface area contributed by atoms with Crippen molar-refractivity contribution in [2.45, 2.75) is 26.0 Å². The van der Waals surface area contributed by atoms with E-state index in [9.17, 15) is 13.5 Å². The Hall–Kier alpha value is -1.94. The van der Waals surface area contributed by atoms with Gasteiger partial charge in [-0.25, -0.2) is 18.1 Å². The number of benzene rings is 1. The highest BCUT2D eigenvalue weighted by atomic mass is 32.2. The summed E-state index contributed by atoms with van der Waals surface area (Å²) in [6.07, 6.45) is 0. The first-order valence-corrected chi connectivity index (χ1v) is 11.7. The van der Waals surface area contributed by atoms with Crippen molar-refractivity contribution in [3.8, 4) is 0 Å². The van der Waals surface area contributed by atoms with Crippen LogP contribution in [0.3, 0.4) is 0 Å². The molecule has 0 saturated heterocycles. The van der Waals surface area contributed by atoms with Crippen LogP contribution in [-0.4, -0.2) is 44.9 Å². The second-order valence-electron chi connectivity index (χ2n) is 6.50. The Bertz CT molecular complexity index is 835. The predicted octanol–water partition coefficient (Wildman–Crippen LogP) is 1.63. The van der Waals surface area contributed by atoms with Gasteiger partial charge >= 0.3 is 0 Å². The smallest absolute Gasteiger partial charge is 0.213 e. The van der Waals surface area contributed by atoms with Crippen LogP contribution in [0.15, 0.2) is 52.8 Å². The van der Waals surface area contributed by atoms with Crippen molar-refractivity contribution in [2.24, 2.45) is 4.99 Å². The maximum Gasteiger partial charge on any atom is 0.213 e. The number of hydrogen-bond donors (Lipinski definition) is 4. The van der Waals surface area contributed by atoms with E-state index in [1.807, 2.05) is 54.8 Å². The topological polar surface area (TPSA) is 103 Å². The molecule has 154 valence electrons. The van der Waals surface area contributed by atoms with Crippen molar-refractivity contribution in [1.29, 1.82) is 0 Å². The van der Waals surface area contributed by atoms with E-state index >= 15 is 0 Å². The summed E-state index contributed by atoms with van der Waals surface area (Å²) in [6.45, 7) is 4.91. The number of aliphatic imine (C=N–C) groups is 1. The molecule has 1 aromatic carbocycles. The van der Waals surface area contributed by atoms with Crippen LogP contribution >= 0.6 is 11.3 Å². The summed E-state index contributed by atoms with van der Waals surface area (Å²) >= 11 is 1.47. The summed E-state index contributed by atoms with van der Waals surface area (Å²) in [5, 5.41) is 18.5. The molecule has 0 amide bonds. The highest BCUT2D eigenvalue weighted by Gasteiger charge is 2.24. The zero-order chi connectivity index (χ0) is 20.5. The SMILES string of the molecule is CCNC(=NCC(C)(O)c1cccs1)NCCS(=O)(=O)NCc1ccccc1. The Balaban J connectivity index is 1.84. The largest absolute Gasteiger partial charge is 0.383 e. The summed E-state index contributed by atoms with van der Waals surface area (Å²) in [5.41, 5.74) is -0.162. The minimum atomic E-state index is -3.41. The monoisotopic (exact) mass is 424 g/mol. The summed E-state index contributed by atoms with van der Waals surface area (Å²) in [5.74, 6) is 0.392. The molecule has 4 N–H and O–H groups in total. The molecule has 1 aromatic heterocycles. The Morgan fingerprint density at radius 2 is 1.93 bits per heavy atom. The van der Waals surface area contributed by atoms with Gasteiger partial charge in [0, 0.05) is 24.5 Å². The highest BCUT2D eigenvalue weighted by Crippen LogP contribution is 2.25. The van der Waals surface area contributed by atoms with E-state index in [1.54, 1.807) is 6.92 Å². The molecule has 0 saturated carbocycles. The molecular formula is C19H28N4O3S2. The second-order valence-corrected chi connectivity index (χ2v) is 9.37. The van der Waals surface area contributed by atoms with Crippen LogP contribution in [0.5, 0.6) is 0 Å². The van der Waals surface area contributed by atoms with Crippen molar-refractivity contribution in [3.05, 3.63) is 58.3 Å². The van der Waals surface area contributed by atoms with Crippen LogP contribution < -0.4 is 15.4 Å². The molecule has 0 radical (unpaired) electrons. The van der Waals surface area contributed by atoms with E-state index in [4.69, 9.17) is 0 Å². The van der Waals surface area contributed by atoms with Crippen molar-refractivity contribution < 1.29 is 13.5 Å². The van der Waals surface area contributed by atoms with Gasteiger partial charge in [0.05, 0.1) is 12.3 Å². The molecule has 0 spiro atoms. The number of nitrogens with zero attached hydrogens (tertiary/aromatic N) is 1. The Kier molecular flexibility index (Phi) is 8.43. The third kappa shape index (κ3) is 7.59. The van der Waals surface area contributed by atoms with Crippen LogP contribution in [0.2, 0.25) is 0 Å². The molecule has 28 heavy (non-hydrogen) atoms. The summed E-state index contributed by atoms with van der Waals surface area (Å²) < 4.78 is 26.9. The van der Waals surface area contributed by atoms with Crippen LogP contribution in [0.4, 0.5) is 0 Å². The number of nitrogens with one attached hydrogen (secondary N) is 3. The van der Waals surface area contributed by atoms with Crippen LogP contribution in [0.25, 0.3) is 0 Å². The average molecular weight is 425 g/mol. The van der Waals surface area contributed by atoms with E-state index < -0.39 is 15.6 Å². The van der Waals surface area contributed by atoms with Crippen molar-refractivity contribution in [3.63, 3.8) is 0 Å². The lowest BCUT2D eigenvalue weighted by molar-refractivity contribution is 0.0711. The lowest BCUT2D eigenvalue weighted by Gasteiger charge is -2.20. The zero-order valence-corrected chi connectivity index (χ0v) is 17.8. The molecular weight excluding hydrogens is 396 g/mol. The van der Waals surface area contributed by atoms with Gasteiger partial charge in [0.15, 0.2) is 5.96 Å². The summed E-state index contributed by atoms with van der Waals surface area (Å²) in [7, 11) is -3.41. The summed E-state index contributed by atoms with van der Waals surface area (Å²) in [4.78, 5) is 5.22. The zero-order valence-electron chi connectivity index (χ0n) is 16.2. The van der Waals surface area contributed by atoms with Crippen molar-refractivity contribution in [2.75, 3.05) is 25.4 Å². The van der Waals surface area contributed by atoms with Gasteiger partial charge in [-0.05, 0) is 30.9 Å². The number of sulfonamides is 1. The molecule has 1 heterocycles. The average Bonchev–Trinajstić information content (AvgIpc) is 3.21. The maximum absolute atomic E-state index is 12.2. The van der Waals surface area contributed by atoms with Gasteiger partial charge in [-0.2, -0.15) is 0 Å². The molecule has 0 fully saturated rings. The Morgan fingerprint density at radius 3 is 2.57 bits per heavy atom. The summed E-state index contributed by atoms with van der Waals surface area (Å²) in [6, 6.07) is 13.1. The fourth-order valence-corrected chi connectivity index (χ4v) is 4.08. The lowest BCUT2D eigenvalue weighted by Crippen LogP contribution is -2.42. The number of hydrogen-bond acceptors (Lipinski definition) is 5. The first kappa shape index (κ1) is 22.4. The van der Waals surface area contributed by atoms with Gasteiger partial charge in [-0.3, -0.25) is 0 Å². The van der Waals surface area contributed by atoms with Gasteiger partial charge in [0.25, 0.3) is 0 Å². The molecule has 0 aliphatic rings. The van der Waals surface area contributed by atoms with Crippen LogP contribution in [0.1, 0.15) is 24.3 Å². The van der Waals surface area contributed by atoms with Gasteiger partial charge in [0.1, 0.15) is 5.60 Å². The first-order chi connectivity index (χ1) is 13.3.